The highest BCUT2D eigenvalue weighted by Gasteiger charge is 2.49. The standard InChI is InChI=1S/C12H9N3O4S2/c16-9-7(10-15(9)8(5-20-10)11(17)18)3-6-4-14-1-2-21(19)12(14)13-6/h3-5,10H,1-2H2,(H,17,18)/b7-3-/t10-,21+/m1/s1. The molecule has 1 N–H and O–H groups in total. The van der Waals surface area contributed by atoms with Gasteiger partial charge in [-0.15, -0.1) is 11.8 Å². The lowest BCUT2D eigenvalue weighted by Gasteiger charge is -2.36. The maximum atomic E-state index is 12.0. The first kappa shape index (κ1) is 12.8. The highest BCUT2D eigenvalue weighted by molar-refractivity contribution is 8.03. The molecule has 7 nitrogen and oxygen atoms in total. The van der Waals surface area contributed by atoms with Crippen molar-refractivity contribution < 1.29 is 18.9 Å². The Morgan fingerprint density at radius 2 is 2.38 bits per heavy atom. The van der Waals surface area contributed by atoms with Crippen molar-refractivity contribution in [3.8, 4) is 0 Å². The van der Waals surface area contributed by atoms with Gasteiger partial charge in [0.1, 0.15) is 11.1 Å². The van der Waals surface area contributed by atoms with Crippen molar-refractivity contribution in [1.29, 1.82) is 0 Å². The van der Waals surface area contributed by atoms with Crippen molar-refractivity contribution in [2.45, 2.75) is 17.1 Å². The van der Waals surface area contributed by atoms with Crippen LogP contribution in [0.1, 0.15) is 5.69 Å². The predicted octanol–water partition coefficient (Wildman–Crippen LogP) is 0.229. The lowest BCUT2D eigenvalue weighted by atomic mass is 10.0. The fourth-order valence-electron chi connectivity index (χ4n) is 2.53. The molecule has 3 aliphatic rings. The number of thioether (sulfide) groups is 1. The van der Waals surface area contributed by atoms with Crippen molar-refractivity contribution in [3.63, 3.8) is 0 Å². The van der Waals surface area contributed by atoms with Crippen LogP contribution in [-0.4, -0.2) is 46.8 Å². The van der Waals surface area contributed by atoms with Crippen LogP contribution in [0.5, 0.6) is 0 Å². The number of nitrogens with zero attached hydrogens (tertiary/aromatic N) is 3. The van der Waals surface area contributed by atoms with E-state index in [0.29, 0.717) is 28.7 Å². The number of aliphatic carboxylic acids is 1. The molecular weight excluding hydrogens is 314 g/mol. The minimum Gasteiger partial charge on any atom is -0.477 e. The number of β-lactam (4-membered cyclic amide) rings is 1. The Morgan fingerprint density at radius 3 is 3.10 bits per heavy atom. The number of carbonyl (C=O) groups excluding carboxylic acids is 1. The zero-order chi connectivity index (χ0) is 14.7. The van der Waals surface area contributed by atoms with Crippen molar-refractivity contribution in [1.82, 2.24) is 14.5 Å². The number of rotatable bonds is 2. The van der Waals surface area contributed by atoms with E-state index < -0.39 is 16.8 Å². The Kier molecular flexibility index (Phi) is 2.64. The first-order chi connectivity index (χ1) is 10.1. The number of hydrogen-bond donors (Lipinski definition) is 1. The Morgan fingerprint density at radius 1 is 1.57 bits per heavy atom. The molecule has 0 spiro atoms. The highest BCUT2D eigenvalue weighted by atomic mass is 32.2. The molecular formula is C12H9N3O4S2. The Labute approximate surface area is 125 Å². The summed E-state index contributed by atoms with van der Waals surface area (Å²) in [5, 5.41) is 10.7. The Hall–Kier alpha value is -1.87. The average Bonchev–Trinajstić information content (AvgIpc) is 3.10. The molecule has 0 unspecified atom stereocenters. The van der Waals surface area contributed by atoms with Crippen molar-refractivity contribution in [2.24, 2.45) is 0 Å². The van der Waals surface area contributed by atoms with E-state index in [1.165, 1.54) is 22.1 Å². The molecule has 0 aliphatic carbocycles. The zero-order valence-corrected chi connectivity index (χ0v) is 12.2. The number of aryl methyl sites for hydroxylation is 1. The second-order valence-corrected chi connectivity index (χ2v) is 7.18. The van der Waals surface area contributed by atoms with Gasteiger partial charge in [0.05, 0.1) is 22.1 Å². The molecule has 1 aromatic heterocycles. The van der Waals surface area contributed by atoms with Crippen molar-refractivity contribution >= 4 is 40.5 Å². The van der Waals surface area contributed by atoms with Gasteiger partial charge >= 0.3 is 5.97 Å². The average molecular weight is 323 g/mol. The number of hydrogen-bond acceptors (Lipinski definition) is 5. The van der Waals surface area contributed by atoms with Crippen LogP contribution in [0.2, 0.25) is 0 Å². The minimum absolute atomic E-state index is 0.0144. The summed E-state index contributed by atoms with van der Waals surface area (Å²) in [6.45, 7) is 0.668. The van der Waals surface area contributed by atoms with Gasteiger partial charge in [0.25, 0.3) is 5.91 Å². The second kappa shape index (κ2) is 4.31. The van der Waals surface area contributed by atoms with Gasteiger partial charge in [-0.3, -0.25) is 13.9 Å². The lowest BCUT2D eigenvalue weighted by molar-refractivity contribution is -0.141. The van der Waals surface area contributed by atoms with E-state index in [2.05, 4.69) is 4.98 Å². The molecule has 2 atom stereocenters. The van der Waals surface area contributed by atoms with E-state index >= 15 is 0 Å². The third-order valence-electron chi connectivity index (χ3n) is 3.54. The lowest BCUT2D eigenvalue weighted by Crippen LogP contribution is -2.51. The third kappa shape index (κ3) is 1.74. The largest absolute Gasteiger partial charge is 0.477 e. The number of imidazole rings is 1. The number of amides is 1. The maximum absolute atomic E-state index is 12.0. The summed E-state index contributed by atoms with van der Waals surface area (Å²) in [7, 11) is -1.07. The summed E-state index contributed by atoms with van der Waals surface area (Å²) in [6, 6.07) is 0. The first-order valence-electron chi connectivity index (χ1n) is 6.16. The summed E-state index contributed by atoms with van der Waals surface area (Å²) in [5.41, 5.74) is 1.13. The molecule has 1 saturated heterocycles. The normalized spacial score (nSPS) is 28.4. The van der Waals surface area contributed by atoms with Gasteiger partial charge in [-0.2, -0.15) is 0 Å². The summed E-state index contributed by atoms with van der Waals surface area (Å²) >= 11 is 1.29. The number of carbonyl (C=O) groups is 2. The fourth-order valence-corrected chi connectivity index (χ4v) is 4.80. The Bertz CT molecular complexity index is 779. The van der Waals surface area contributed by atoms with Crippen LogP contribution in [0.25, 0.3) is 6.08 Å². The van der Waals surface area contributed by atoms with Crippen molar-refractivity contribution in [2.75, 3.05) is 5.75 Å². The van der Waals surface area contributed by atoms with E-state index in [1.54, 1.807) is 12.3 Å². The molecule has 4 heterocycles. The zero-order valence-electron chi connectivity index (χ0n) is 10.6. The van der Waals surface area contributed by atoms with Crippen LogP contribution in [-0.2, 0) is 26.9 Å². The van der Waals surface area contributed by atoms with Gasteiger partial charge in [-0.05, 0) is 6.08 Å². The molecule has 3 aliphatic heterocycles. The topological polar surface area (TPSA) is 92.5 Å². The van der Waals surface area contributed by atoms with Crippen LogP contribution < -0.4 is 0 Å². The van der Waals surface area contributed by atoms with Crippen LogP contribution in [0.15, 0.2) is 28.0 Å². The predicted molar refractivity (Wildman–Crippen MR) is 75.4 cm³/mol. The molecule has 0 bridgehead atoms. The molecule has 0 aromatic carbocycles. The molecule has 1 aromatic rings. The molecule has 0 saturated carbocycles. The monoisotopic (exact) mass is 323 g/mol. The van der Waals surface area contributed by atoms with E-state index in [4.69, 9.17) is 5.11 Å². The number of fused-ring (bicyclic) bond motifs is 2. The third-order valence-corrected chi connectivity index (χ3v) is 5.91. The number of carboxylic acid groups (broad SMARTS) is 1. The van der Waals surface area contributed by atoms with Crippen molar-refractivity contribution in [3.05, 3.63) is 28.6 Å². The van der Waals surface area contributed by atoms with Gasteiger partial charge in [-0.1, -0.05) is 0 Å². The summed E-state index contributed by atoms with van der Waals surface area (Å²) in [6.07, 6.45) is 3.42. The molecule has 21 heavy (non-hydrogen) atoms. The number of aromatic nitrogens is 2. The fraction of sp³-hybridized carbons (Fsp3) is 0.250. The van der Waals surface area contributed by atoms with Gasteiger partial charge in [0, 0.05) is 23.9 Å². The van der Waals surface area contributed by atoms with E-state index in [1.807, 2.05) is 4.57 Å². The smallest absolute Gasteiger partial charge is 0.353 e. The summed E-state index contributed by atoms with van der Waals surface area (Å²) in [4.78, 5) is 28.6. The molecule has 108 valence electrons. The Balaban J connectivity index is 1.62. The van der Waals surface area contributed by atoms with Gasteiger partial charge in [0.2, 0.25) is 0 Å². The summed E-state index contributed by atoms with van der Waals surface area (Å²) < 4.78 is 13.5. The van der Waals surface area contributed by atoms with Crippen LogP contribution in [0.3, 0.4) is 0 Å². The second-order valence-electron chi connectivity index (χ2n) is 4.76. The highest BCUT2D eigenvalue weighted by Crippen LogP contribution is 2.45. The van der Waals surface area contributed by atoms with Gasteiger partial charge in [-0.25, -0.2) is 9.78 Å². The molecule has 1 amide bonds. The first-order valence-corrected chi connectivity index (χ1v) is 8.42. The quantitative estimate of drug-likeness (QED) is 0.619. The number of carboxylic acids is 1. The van der Waals surface area contributed by atoms with Gasteiger partial charge < -0.3 is 9.67 Å². The molecule has 0 radical (unpaired) electrons. The summed E-state index contributed by atoms with van der Waals surface area (Å²) in [5.74, 6) is -0.835. The molecule has 9 heteroatoms. The van der Waals surface area contributed by atoms with Gasteiger partial charge in [0.15, 0.2) is 5.16 Å². The molecule has 1 fully saturated rings. The van der Waals surface area contributed by atoms with E-state index in [9.17, 15) is 13.8 Å². The van der Waals surface area contributed by atoms with E-state index in [-0.39, 0.29) is 17.0 Å². The van der Waals surface area contributed by atoms with Crippen LogP contribution >= 0.6 is 11.8 Å². The SMILES string of the molecule is O=C(O)C1=CS[C@@H]2/C(=C\c3cn4c(n3)[S@@](=O)CC4)C(=O)N12. The molecule has 4 rings (SSSR count). The van der Waals surface area contributed by atoms with Crippen LogP contribution in [0.4, 0.5) is 0 Å². The van der Waals surface area contributed by atoms with E-state index in [0.717, 1.165) is 0 Å². The van der Waals surface area contributed by atoms with Crippen LogP contribution in [0, 0.1) is 0 Å². The minimum atomic E-state index is -1.10. The maximum Gasteiger partial charge on any atom is 0.353 e.